The molecule has 1 aliphatic rings. The Morgan fingerprint density at radius 3 is 2.83 bits per heavy atom. The van der Waals surface area contributed by atoms with E-state index in [0.717, 1.165) is 6.42 Å². The molecule has 1 atom stereocenters. The van der Waals surface area contributed by atoms with E-state index in [-0.39, 0.29) is 17.5 Å². The summed E-state index contributed by atoms with van der Waals surface area (Å²) >= 11 is 1.34. The Bertz CT molecular complexity index is 775. The minimum atomic E-state index is -0.557. The summed E-state index contributed by atoms with van der Waals surface area (Å²) in [4.78, 5) is 37.5. The number of carbonyl (C=O) groups is 2. The zero-order valence-electron chi connectivity index (χ0n) is 12.7. The molecule has 1 aromatic carbocycles. The third kappa shape index (κ3) is 3.28. The van der Waals surface area contributed by atoms with Crippen molar-refractivity contribution in [2.75, 3.05) is 11.9 Å². The van der Waals surface area contributed by atoms with Crippen LogP contribution in [0.15, 0.2) is 41.8 Å². The van der Waals surface area contributed by atoms with E-state index >= 15 is 0 Å². The Kier molecular flexibility index (Phi) is 4.57. The maximum Gasteiger partial charge on any atom is 0.271 e. The number of hydrogen-bond donors (Lipinski definition) is 1. The highest BCUT2D eigenvalue weighted by atomic mass is 32.1. The molecule has 7 nitrogen and oxygen atoms in total. The van der Waals surface area contributed by atoms with Gasteiger partial charge >= 0.3 is 0 Å². The van der Waals surface area contributed by atoms with E-state index in [1.54, 1.807) is 23.1 Å². The molecule has 0 unspecified atom stereocenters. The van der Waals surface area contributed by atoms with Gasteiger partial charge in [0.25, 0.3) is 11.6 Å². The van der Waals surface area contributed by atoms with E-state index in [1.165, 1.54) is 29.5 Å². The standard InChI is InChI=1S/C16H15N3O4S/c20-15(17-11-4-1-5-12(10-11)19(22)23)13-6-2-8-18(13)16(21)14-7-3-9-24-14/h1,3-5,7,9-10,13H,2,6,8H2,(H,17,20)/t13-/m1/s1. The molecule has 1 N–H and O–H groups in total. The fourth-order valence-electron chi connectivity index (χ4n) is 2.75. The van der Waals surface area contributed by atoms with E-state index in [0.29, 0.717) is 23.5 Å². The van der Waals surface area contributed by atoms with Gasteiger partial charge in [0.1, 0.15) is 6.04 Å². The summed E-state index contributed by atoms with van der Waals surface area (Å²) in [5, 5.41) is 15.3. The third-order valence-corrected chi connectivity index (χ3v) is 4.73. The number of likely N-dealkylation sites (tertiary alicyclic amines) is 1. The van der Waals surface area contributed by atoms with Crippen LogP contribution in [-0.4, -0.2) is 34.2 Å². The molecule has 1 saturated heterocycles. The lowest BCUT2D eigenvalue weighted by Crippen LogP contribution is -2.42. The van der Waals surface area contributed by atoms with Gasteiger partial charge in [0.2, 0.25) is 5.91 Å². The van der Waals surface area contributed by atoms with Crippen LogP contribution in [0.25, 0.3) is 0 Å². The Morgan fingerprint density at radius 2 is 2.12 bits per heavy atom. The summed E-state index contributed by atoms with van der Waals surface area (Å²) in [6.45, 7) is 0.532. The first kappa shape index (κ1) is 16.1. The molecule has 24 heavy (non-hydrogen) atoms. The largest absolute Gasteiger partial charge is 0.326 e. The van der Waals surface area contributed by atoms with Crippen molar-refractivity contribution in [2.45, 2.75) is 18.9 Å². The van der Waals surface area contributed by atoms with Gasteiger partial charge in [0.05, 0.1) is 9.80 Å². The molecule has 2 amide bonds. The van der Waals surface area contributed by atoms with E-state index in [1.807, 2.05) is 5.38 Å². The number of nitro benzene ring substituents is 1. The molecule has 0 radical (unpaired) electrons. The predicted molar refractivity (Wildman–Crippen MR) is 90.1 cm³/mol. The van der Waals surface area contributed by atoms with Gasteiger partial charge in [0, 0.05) is 24.4 Å². The number of rotatable bonds is 4. The van der Waals surface area contributed by atoms with Crippen LogP contribution >= 0.6 is 11.3 Å². The molecule has 8 heteroatoms. The van der Waals surface area contributed by atoms with Gasteiger partial charge in [-0.3, -0.25) is 19.7 Å². The molecule has 1 fully saturated rings. The highest BCUT2D eigenvalue weighted by molar-refractivity contribution is 7.12. The number of amides is 2. The second kappa shape index (κ2) is 6.79. The van der Waals surface area contributed by atoms with Gasteiger partial charge in [-0.15, -0.1) is 11.3 Å². The van der Waals surface area contributed by atoms with Crippen LogP contribution in [0.2, 0.25) is 0 Å². The lowest BCUT2D eigenvalue weighted by atomic mass is 10.2. The molecule has 3 rings (SSSR count). The fraction of sp³-hybridized carbons (Fsp3) is 0.250. The van der Waals surface area contributed by atoms with Crippen molar-refractivity contribution in [1.82, 2.24) is 4.90 Å². The summed E-state index contributed by atoms with van der Waals surface area (Å²) in [6, 6.07) is 8.74. The number of nitrogens with zero attached hydrogens (tertiary/aromatic N) is 2. The van der Waals surface area contributed by atoms with Crippen LogP contribution in [0, 0.1) is 10.1 Å². The topological polar surface area (TPSA) is 92.5 Å². The average molecular weight is 345 g/mol. The van der Waals surface area contributed by atoms with Crippen molar-refractivity contribution in [2.24, 2.45) is 0 Å². The molecule has 2 heterocycles. The van der Waals surface area contributed by atoms with Crippen LogP contribution in [0.3, 0.4) is 0 Å². The number of hydrogen-bond acceptors (Lipinski definition) is 5. The second-order valence-corrected chi connectivity index (χ2v) is 6.38. The summed E-state index contributed by atoms with van der Waals surface area (Å²) in [7, 11) is 0. The number of anilines is 1. The maximum atomic E-state index is 12.5. The fourth-order valence-corrected chi connectivity index (χ4v) is 3.43. The van der Waals surface area contributed by atoms with Crippen LogP contribution in [0.4, 0.5) is 11.4 Å². The molecule has 1 aliphatic heterocycles. The van der Waals surface area contributed by atoms with E-state index in [2.05, 4.69) is 5.32 Å². The first-order valence-electron chi connectivity index (χ1n) is 7.46. The summed E-state index contributed by atoms with van der Waals surface area (Å²) in [5.74, 6) is -0.473. The van der Waals surface area contributed by atoms with Crippen molar-refractivity contribution in [3.8, 4) is 0 Å². The lowest BCUT2D eigenvalue weighted by molar-refractivity contribution is -0.384. The van der Waals surface area contributed by atoms with Crippen molar-refractivity contribution < 1.29 is 14.5 Å². The summed E-state index contributed by atoms with van der Waals surface area (Å²) in [6.07, 6.45) is 1.34. The monoisotopic (exact) mass is 345 g/mol. The van der Waals surface area contributed by atoms with E-state index in [4.69, 9.17) is 0 Å². The summed E-state index contributed by atoms with van der Waals surface area (Å²) in [5.41, 5.74) is 0.260. The summed E-state index contributed by atoms with van der Waals surface area (Å²) < 4.78 is 0. The highest BCUT2D eigenvalue weighted by Crippen LogP contribution is 2.24. The van der Waals surface area contributed by atoms with Gasteiger partial charge in [0.15, 0.2) is 0 Å². The van der Waals surface area contributed by atoms with Crippen molar-refractivity contribution in [3.05, 3.63) is 56.8 Å². The number of non-ortho nitro benzene ring substituents is 1. The first-order valence-corrected chi connectivity index (χ1v) is 8.34. The quantitative estimate of drug-likeness (QED) is 0.681. The maximum absolute atomic E-state index is 12.5. The van der Waals surface area contributed by atoms with Gasteiger partial charge in [-0.1, -0.05) is 12.1 Å². The molecular weight excluding hydrogens is 330 g/mol. The molecule has 2 aromatic rings. The Balaban J connectivity index is 1.73. The number of nitrogens with one attached hydrogen (secondary N) is 1. The van der Waals surface area contributed by atoms with Gasteiger partial charge in [-0.05, 0) is 30.4 Å². The predicted octanol–water partition coefficient (Wildman–Crippen LogP) is 2.90. The lowest BCUT2D eigenvalue weighted by Gasteiger charge is -2.23. The first-order chi connectivity index (χ1) is 11.6. The molecule has 0 aliphatic carbocycles. The van der Waals surface area contributed by atoms with Gasteiger partial charge < -0.3 is 10.2 Å². The van der Waals surface area contributed by atoms with Crippen LogP contribution in [0.5, 0.6) is 0 Å². The zero-order chi connectivity index (χ0) is 17.1. The van der Waals surface area contributed by atoms with Crippen molar-refractivity contribution >= 4 is 34.5 Å². The number of thiophene rings is 1. The number of carbonyl (C=O) groups excluding carboxylic acids is 2. The van der Waals surface area contributed by atoms with E-state index < -0.39 is 11.0 Å². The molecule has 124 valence electrons. The smallest absolute Gasteiger partial charge is 0.271 e. The Hall–Kier alpha value is -2.74. The van der Waals surface area contributed by atoms with Crippen LogP contribution in [-0.2, 0) is 4.79 Å². The van der Waals surface area contributed by atoms with Crippen molar-refractivity contribution in [3.63, 3.8) is 0 Å². The van der Waals surface area contributed by atoms with Gasteiger partial charge in [-0.25, -0.2) is 0 Å². The highest BCUT2D eigenvalue weighted by Gasteiger charge is 2.35. The van der Waals surface area contributed by atoms with Crippen molar-refractivity contribution in [1.29, 1.82) is 0 Å². The van der Waals surface area contributed by atoms with Crippen LogP contribution in [0.1, 0.15) is 22.5 Å². The second-order valence-electron chi connectivity index (χ2n) is 5.43. The zero-order valence-corrected chi connectivity index (χ0v) is 13.5. The molecule has 0 bridgehead atoms. The minimum Gasteiger partial charge on any atom is -0.326 e. The number of nitro groups is 1. The Labute approximate surface area is 142 Å². The van der Waals surface area contributed by atoms with E-state index in [9.17, 15) is 19.7 Å². The molecular formula is C16H15N3O4S. The SMILES string of the molecule is O=C(Nc1cccc([N+](=O)[O-])c1)[C@H]1CCCN1C(=O)c1cccs1. The minimum absolute atomic E-state index is 0.0919. The molecule has 1 aromatic heterocycles. The average Bonchev–Trinajstić information content (AvgIpc) is 3.26. The number of benzene rings is 1. The molecule has 0 saturated carbocycles. The third-order valence-electron chi connectivity index (χ3n) is 3.87. The molecule has 0 spiro atoms. The van der Waals surface area contributed by atoms with Crippen LogP contribution < -0.4 is 5.32 Å². The Morgan fingerprint density at radius 1 is 1.29 bits per heavy atom. The van der Waals surface area contributed by atoms with Gasteiger partial charge in [-0.2, -0.15) is 0 Å². The normalized spacial score (nSPS) is 16.8.